The summed E-state index contributed by atoms with van der Waals surface area (Å²) in [5.41, 5.74) is 6.50. The predicted molar refractivity (Wildman–Crippen MR) is 193 cm³/mol. The molecule has 5 nitrogen and oxygen atoms in total. The van der Waals surface area contributed by atoms with Crippen LogP contribution < -0.4 is 0 Å². The van der Waals surface area contributed by atoms with Gasteiger partial charge in [-0.05, 0) is 37.0 Å². The Morgan fingerprint density at radius 2 is 1.47 bits per heavy atom. The van der Waals surface area contributed by atoms with E-state index in [-0.39, 0.29) is 43.5 Å². The number of hydrogen-bond donors (Lipinski definition) is 1. The molecule has 0 amide bonds. The second kappa shape index (κ2) is 15.8. The number of benzene rings is 4. The first-order valence-corrected chi connectivity index (χ1v) is 16.7. The fourth-order valence-corrected chi connectivity index (χ4v) is 6.65. The van der Waals surface area contributed by atoms with Gasteiger partial charge in [0.05, 0.1) is 22.3 Å². The van der Waals surface area contributed by atoms with E-state index in [0.717, 1.165) is 58.7 Å². The van der Waals surface area contributed by atoms with Gasteiger partial charge in [-0.25, -0.2) is 4.98 Å². The molecular formula is C41H46IrN3O2-. The van der Waals surface area contributed by atoms with Gasteiger partial charge in [0, 0.05) is 61.5 Å². The molecule has 0 aliphatic heterocycles. The normalized spacial score (nSPS) is 11.9. The van der Waals surface area contributed by atoms with E-state index in [1.807, 2.05) is 27.7 Å². The van der Waals surface area contributed by atoms with Crippen molar-refractivity contribution in [1.82, 2.24) is 14.5 Å². The first kappa shape index (κ1) is 36.0. The van der Waals surface area contributed by atoms with Crippen molar-refractivity contribution in [3.63, 3.8) is 0 Å². The molecule has 0 aliphatic carbocycles. The summed E-state index contributed by atoms with van der Waals surface area (Å²) in [4.78, 5) is 21.2. The molecule has 4 aromatic carbocycles. The zero-order valence-electron chi connectivity index (χ0n) is 28.6. The third-order valence-electron chi connectivity index (χ3n) is 9.42. The molecule has 0 bridgehead atoms. The standard InChI is InChI=1S/C28H22N3.C13H24O2.Ir/c1-17(2)24-15-20(14-19-9-5-6-10-21(19)24)25-28-26(30-16-29-25)23-13-12-18-8-4-7-11-22(18)27(23)31(28)3;1-5-10(6-2)12(14)9-13(15)11(7-3)8-4;/h4-13,15-17H,1-3H3;9-11,14H,5-8H2,1-4H3;/q-1;;/b;12-9-;. The molecule has 0 fully saturated rings. The second-order valence-electron chi connectivity index (χ2n) is 12.5. The molecule has 0 atom stereocenters. The van der Waals surface area contributed by atoms with Crippen LogP contribution in [0.2, 0.25) is 0 Å². The minimum atomic E-state index is 0. The molecule has 6 rings (SSSR count). The van der Waals surface area contributed by atoms with Gasteiger partial charge in [-0.1, -0.05) is 107 Å². The Hall–Kier alpha value is -3.86. The number of nitrogens with zero attached hydrogens (tertiary/aromatic N) is 3. The van der Waals surface area contributed by atoms with Crippen molar-refractivity contribution in [3.05, 3.63) is 96.5 Å². The molecule has 0 saturated carbocycles. The van der Waals surface area contributed by atoms with Gasteiger partial charge in [-0.2, -0.15) is 0 Å². The minimum Gasteiger partial charge on any atom is -0.512 e. The van der Waals surface area contributed by atoms with Crippen LogP contribution in [-0.2, 0) is 31.9 Å². The molecule has 47 heavy (non-hydrogen) atoms. The van der Waals surface area contributed by atoms with Gasteiger partial charge < -0.3 is 9.67 Å². The van der Waals surface area contributed by atoms with Gasteiger partial charge in [-0.3, -0.25) is 9.78 Å². The van der Waals surface area contributed by atoms with Crippen molar-refractivity contribution in [1.29, 1.82) is 0 Å². The van der Waals surface area contributed by atoms with Crippen LogP contribution in [0.4, 0.5) is 0 Å². The molecule has 6 aromatic rings. The first-order chi connectivity index (χ1) is 22.2. The van der Waals surface area contributed by atoms with Gasteiger partial charge in [0.1, 0.15) is 6.33 Å². The summed E-state index contributed by atoms with van der Waals surface area (Å²) in [5.74, 6) is 0.957. The van der Waals surface area contributed by atoms with Crippen LogP contribution in [0, 0.1) is 17.9 Å². The van der Waals surface area contributed by atoms with Gasteiger partial charge >= 0.3 is 0 Å². The third-order valence-corrected chi connectivity index (χ3v) is 9.42. The van der Waals surface area contributed by atoms with Crippen molar-refractivity contribution < 1.29 is 30.0 Å². The molecule has 0 saturated heterocycles. The van der Waals surface area contributed by atoms with Crippen molar-refractivity contribution in [3.8, 4) is 11.3 Å². The zero-order valence-corrected chi connectivity index (χ0v) is 31.0. The van der Waals surface area contributed by atoms with E-state index < -0.39 is 0 Å². The number of rotatable bonds is 9. The van der Waals surface area contributed by atoms with E-state index in [2.05, 4.69) is 98.3 Å². The maximum absolute atomic E-state index is 11.7. The van der Waals surface area contributed by atoms with E-state index in [4.69, 9.17) is 9.97 Å². The number of allylic oxidation sites excluding steroid dienone is 2. The number of aromatic nitrogens is 3. The number of aryl methyl sites for hydroxylation is 1. The van der Waals surface area contributed by atoms with Crippen molar-refractivity contribution in [2.45, 2.75) is 73.1 Å². The average Bonchev–Trinajstić information content (AvgIpc) is 3.37. The van der Waals surface area contributed by atoms with Gasteiger partial charge in [0.2, 0.25) is 0 Å². The number of aliphatic hydroxyl groups is 1. The number of carbonyl (C=O) groups is 1. The first-order valence-electron chi connectivity index (χ1n) is 16.7. The summed E-state index contributed by atoms with van der Waals surface area (Å²) in [5, 5.41) is 15.8. The predicted octanol–water partition coefficient (Wildman–Crippen LogP) is 10.9. The second-order valence-corrected chi connectivity index (χ2v) is 12.5. The largest absolute Gasteiger partial charge is 0.512 e. The molecule has 2 aromatic heterocycles. The van der Waals surface area contributed by atoms with Gasteiger partial charge in [0.15, 0.2) is 5.78 Å². The van der Waals surface area contributed by atoms with Crippen LogP contribution in [0.15, 0.2) is 84.9 Å². The summed E-state index contributed by atoms with van der Waals surface area (Å²) < 4.78 is 2.25. The number of fused-ring (bicyclic) bond motifs is 6. The summed E-state index contributed by atoms with van der Waals surface area (Å²) in [6, 6.07) is 27.3. The van der Waals surface area contributed by atoms with Gasteiger partial charge in [-0.15, -0.1) is 29.1 Å². The number of ketones is 1. The summed E-state index contributed by atoms with van der Waals surface area (Å²) >= 11 is 0. The van der Waals surface area contributed by atoms with Crippen LogP contribution in [0.25, 0.3) is 54.7 Å². The molecule has 1 N–H and O–H groups in total. The topological polar surface area (TPSA) is 68.0 Å². The monoisotopic (exact) mass is 805 g/mol. The Morgan fingerprint density at radius 3 is 2.13 bits per heavy atom. The molecule has 0 aliphatic rings. The van der Waals surface area contributed by atoms with Gasteiger partial charge in [0.25, 0.3) is 0 Å². The third kappa shape index (κ3) is 7.20. The van der Waals surface area contributed by atoms with E-state index in [9.17, 15) is 9.90 Å². The number of carbonyl (C=O) groups excluding carboxylic acids is 1. The Morgan fingerprint density at radius 1 is 0.830 bits per heavy atom. The minimum absolute atomic E-state index is 0. The number of hydrogen-bond acceptors (Lipinski definition) is 4. The van der Waals surface area contributed by atoms with E-state index in [1.54, 1.807) is 6.33 Å². The molecule has 0 spiro atoms. The molecule has 2 heterocycles. The molecule has 0 unspecified atom stereocenters. The summed E-state index contributed by atoms with van der Waals surface area (Å²) in [6.45, 7) is 12.6. The van der Waals surface area contributed by atoms with Crippen LogP contribution >= 0.6 is 0 Å². The SMILES string of the molecule is CC(C)c1cc(-c2ncnc3c4ccc5ccccc5c4n(C)c23)[c-]c2ccccc12.CCC(CC)C(=O)/C=C(\O)C(CC)CC.[Ir]. The van der Waals surface area contributed by atoms with Crippen molar-refractivity contribution in [2.75, 3.05) is 0 Å². The number of aliphatic hydroxyl groups excluding tert-OH is 1. The zero-order chi connectivity index (χ0) is 33.0. The summed E-state index contributed by atoms with van der Waals surface area (Å²) in [6.07, 6.45) is 6.59. The smallest absolute Gasteiger partial charge is 0.162 e. The molecular weight excluding hydrogens is 759 g/mol. The van der Waals surface area contributed by atoms with Crippen LogP contribution in [0.3, 0.4) is 0 Å². The fourth-order valence-electron chi connectivity index (χ4n) is 6.65. The van der Waals surface area contributed by atoms with Crippen molar-refractivity contribution >= 4 is 49.3 Å². The molecule has 247 valence electrons. The van der Waals surface area contributed by atoms with E-state index in [1.165, 1.54) is 33.3 Å². The van der Waals surface area contributed by atoms with Crippen molar-refractivity contribution in [2.24, 2.45) is 18.9 Å². The Labute approximate surface area is 292 Å². The van der Waals surface area contributed by atoms with Crippen LogP contribution in [0.1, 0.15) is 78.7 Å². The van der Waals surface area contributed by atoms with Crippen LogP contribution in [-0.4, -0.2) is 25.4 Å². The Balaban J connectivity index is 0.000000269. The Kier molecular flexibility index (Phi) is 12.1. The quantitative estimate of drug-likeness (QED) is 0.0898. The Bertz CT molecular complexity index is 2030. The molecule has 6 heteroatoms. The maximum atomic E-state index is 11.7. The average molecular weight is 805 g/mol. The molecule has 1 radical (unpaired) electrons. The maximum Gasteiger partial charge on any atom is 0.162 e. The summed E-state index contributed by atoms with van der Waals surface area (Å²) in [7, 11) is 2.12. The van der Waals surface area contributed by atoms with E-state index >= 15 is 0 Å². The van der Waals surface area contributed by atoms with E-state index in [0.29, 0.717) is 5.92 Å². The fraction of sp³-hybridized carbons (Fsp3) is 0.341. The van der Waals surface area contributed by atoms with Crippen LogP contribution in [0.5, 0.6) is 0 Å².